The van der Waals surface area contributed by atoms with Gasteiger partial charge < -0.3 is 79.5 Å². The molecule has 16 nitrogen and oxygen atoms in total. The van der Waals surface area contributed by atoms with E-state index in [-0.39, 0.29) is 34.1 Å². The highest BCUT2D eigenvalue weighted by Gasteiger charge is 2.48. The van der Waals surface area contributed by atoms with Crippen LogP contribution in [0.1, 0.15) is 24.2 Å². The van der Waals surface area contributed by atoms with Crippen LogP contribution in [0.4, 0.5) is 0 Å². The first-order valence-corrected chi connectivity index (χ1v) is 13.5. The number of methoxy groups -OCH3 is 1. The van der Waals surface area contributed by atoms with Gasteiger partial charge in [0.25, 0.3) is 0 Å². The van der Waals surface area contributed by atoms with Gasteiger partial charge in [-0.3, -0.25) is 0 Å². The summed E-state index contributed by atoms with van der Waals surface area (Å²) < 4.78 is 33.4. The van der Waals surface area contributed by atoms with Gasteiger partial charge in [-0.25, -0.2) is 0 Å². The fourth-order valence-corrected chi connectivity index (χ4v) is 5.18. The number of phenols is 4. The lowest BCUT2D eigenvalue weighted by atomic mass is 9.98. The highest BCUT2D eigenvalue weighted by molar-refractivity contribution is 5.70. The number of ether oxygens (including phenoxy) is 6. The van der Waals surface area contributed by atoms with E-state index in [0.717, 1.165) is 6.07 Å². The molecule has 5 rings (SSSR count). The van der Waals surface area contributed by atoms with Crippen LogP contribution >= 0.6 is 0 Å². The van der Waals surface area contributed by atoms with E-state index in [1.165, 1.54) is 38.3 Å². The monoisotopic (exact) mass is 626 g/mol. The number of hydrogen-bond acceptors (Lipinski definition) is 16. The molecule has 0 bridgehead atoms. The second-order valence-corrected chi connectivity index (χ2v) is 10.7. The van der Waals surface area contributed by atoms with E-state index in [1.807, 2.05) is 0 Å². The molecule has 0 amide bonds. The van der Waals surface area contributed by atoms with Crippen LogP contribution in [0.5, 0.6) is 34.5 Å². The number of aliphatic hydroxyl groups is 6. The minimum Gasteiger partial charge on any atom is -0.508 e. The molecule has 3 aliphatic rings. The quantitative estimate of drug-likeness (QED) is 0.171. The summed E-state index contributed by atoms with van der Waals surface area (Å²) in [5.74, 6) is -2.04. The van der Waals surface area contributed by atoms with Crippen molar-refractivity contribution in [1.29, 1.82) is 0 Å². The molecule has 0 aliphatic carbocycles. The van der Waals surface area contributed by atoms with Crippen molar-refractivity contribution in [2.45, 2.75) is 74.4 Å². The SMILES string of the molecule is COc1c(O)cc(C2Oc3cc(O)cc(O)c3C=C2O[C@@H]2O[C@H](CO[C@@H]3O[C@@H](C)[C@H](O)[C@@H](O)[C@H]3O)[C@@H](O)[C@H](O)[C@H]2O)cc1O. The Morgan fingerprint density at radius 3 is 2.02 bits per heavy atom. The maximum absolute atomic E-state index is 10.7. The van der Waals surface area contributed by atoms with Crippen molar-refractivity contribution in [2.24, 2.45) is 0 Å². The molecule has 242 valence electrons. The molecule has 1 unspecified atom stereocenters. The Morgan fingerprint density at radius 2 is 1.36 bits per heavy atom. The van der Waals surface area contributed by atoms with Gasteiger partial charge in [0.05, 0.1) is 25.4 Å². The number of fused-ring (bicyclic) bond motifs is 1. The summed E-state index contributed by atoms with van der Waals surface area (Å²) >= 11 is 0. The Labute approximate surface area is 249 Å². The third-order valence-electron chi connectivity index (χ3n) is 7.63. The van der Waals surface area contributed by atoms with E-state index in [1.54, 1.807) is 0 Å². The first-order chi connectivity index (χ1) is 20.8. The molecule has 44 heavy (non-hydrogen) atoms. The molecule has 3 heterocycles. The molecule has 0 radical (unpaired) electrons. The van der Waals surface area contributed by atoms with Crippen molar-refractivity contribution in [3.8, 4) is 34.5 Å². The van der Waals surface area contributed by atoms with Crippen LogP contribution in [0.15, 0.2) is 30.0 Å². The van der Waals surface area contributed by atoms with Crippen LogP contribution in [0.2, 0.25) is 0 Å². The Balaban J connectivity index is 1.42. The van der Waals surface area contributed by atoms with E-state index in [4.69, 9.17) is 28.4 Å². The molecule has 16 heteroatoms. The molecule has 2 saturated heterocycles. The Kier molecular flexibility index (Phi) is 8.99. The molecule has 11 atom stereocenters. The Morgan fingerprint density at radius 1 is 0.727 bits per heavy atom. The second-order valence-electron chi connectivity index (χ2n) is 10.7. The summed E-state index contributed by atoms with van der Waals surface area (Å²) in [6.07, 6.45) is -15.4. The van der Waals surface area contributed by atoms with Crippen molar-refractivity contribution >= 4 is 6.08 Å². The molecule has 0 aromatic heterocycles. The topological polar surface area (TPSA) is 258 Å². The Hall–Kier alpha value is -3.58. The van der Waals surface area contributed by atoms with Crippen LogP contribution in [0.25, 0.3) is 6.08 Å². The minimum atomic E-state index is -1.84. The number of hydrogen-bond donors (Lipinski definition) is 10. The zero-order valence-corrected chi connectivity index (χ0v) is 23.4. The maximum atomic E-state index is 10.7. The van der Waals surface area contributed by atoms with Crippen LogP contribution in [-0.4, -0.2) is 126 Å². The molecule has 0 spiro atoms. The van der Waals surface area contributed by atoms with Crippen molar-refractivity contribution in [1.82, 2.24) is 0 Å². The second kappa shape index (κ2) is 12.4. The zero-order valence-electron chi connectivity index (χ0n) is 23.4. The normalized spacial score (nSPS) is 35.3. The van der Waals surface area contributed by atoms with Gasteiger partial charge in [0, 0.05) is 17.7 Å². The van der Waals surface area contributed by atoms with E-state index in [0.29, 0.717) is 0 Å². The first-order valence-electron chi connectivity index (χ1n) is 13.5. The van der Waals surface area contributed by atoms with Gasteiger partial charge in [-0.2, -0.15) is 0 Å². The van der Waals surface area contributed by atoms with Gasteiger partial charge in [-0.1, -0.05) is 0 Å². The van der Waals surface area contributed by atoms with Crippen LogP contribution in [0, 0.1) is 0 Å². The number of aromatic hydroxyl groups is 4. The largest absolute Gasteiger partial charge is 0.508 e. The zero-order chi connectivity index (χ0) is 32.0. The van der Waals surface area contributed by atoms with Gasteiger partial charge in [0.15, 0.2) is 23.9 Å². The number of benzene rings is 2. The lowest BCUT2D eigenvalue weighted by Crippen LogP contribution is -2.61. The number of rotatable bonds is 7. The summed E-state index contributed by atoms with van der Waals surface area (Å²) in [5, 5.41) is 103. The lowest BCUT2D eigenvalue weighted by Gasteiger charge is -2.43. The molecular weight excluding hydrogens is 592 g/mol. The van der Waals surface area contributed by atoms with E-state index < -0.39 is 91.4 Å². The summed E-state index contributed by atoms with van der Waals surface area (Å²) in [6.45, 7) is 0.909. The summed E-state index contributed by atoms with van der Waals surface area (Å²) in [7, 11) is 1.23. The molecule has 2 fully saturated rings. The summed E-state index contributed by atoms with van der Waals surface area (Å²) in [4.78, 5) is 0. The van der Waals surface area contributed by atoms with E-state index in [2.05, 4.69) is 0 Å². The van der Waals surface area contributed by atoms with Crippen molar-refractivity contribution in [3.05, 3.63) is 41.2 Å². The van der Waals surface area contributed by atoms with Gasteiger partial charge in [0.2, 0.25) is 12.0 Å². The fraction of sp³-hybridized carbons (Fsp3) is 0.500. The van der Waals surface area contributed by atoms with Gasteiger partial charge in [0.1, 0.15) is 65.7 Å². The van der Waals surface area contributed by atoms with E-state index in [9.17, 15) is 51.1 Å². The predicted molar refractivity (Wildman–Crippen MR) is 144 cm³/mol. The maximum Gasteiger partial charge on any atom is 0.228 e. The predicted octanol–water partition coefficient (Wildman–Crippen LogP) is -1.34. The number of aliphatic hydroxyl groups excluding tert-OH is 6. The minimum absolute atomic E-state index is 0.00549. The fourth-order valence-electron chi connectivity index (χ4n) is 5.18. The van der Waals surface area contributed by atoms with Crippen LogP contribution in [-0.2, 0) is 18.9 Å². The molecular formula is C28H34O16. The Bertz CT molecular complexity index is 1360. The average Bonchev–Trinajstić information content (AvgIpc) is 2.97. The highest BCUT2D eigenvalue weighted by Crippen LogP contribution is 2.47. The summed E-state index contributed by atoms with van der Waals surface area (Å²) in [6, 6.07) is 4.64. The molecule has 2 aromatic carbocycles. The smallest absolute Gasteiger partial charge is 0.228 e. The summed E-state index contributed by atoms with van der Waals surface area (Å²) in [5.41, 5.74) is 0.157. The first kappa shape index (κ1) is 31.8. The van der Waals surface area contributed by atoms with Crippen molar-refractivity contribution in [2.75, 3.05) is 13.7 Å². The highest BCUT2D eigenvalue weighted by atomic mass is 16.7. The third kappa shape index (κ3) is 5.91. The molecule has 10 N–H and O–H groups in total. The van der Waals surface area contributed by atoms with Crippen LogP contribution < -0.4 is 9.47 Å². The number of phenolic OH excluding ortho intramolecular Hbond substituents is 4. The van der Waals surface area contributed by atoms with Gasteiger partial charge in [-0.15, -0.1) is 0 Å². The average molecular weight is 627 g/mol. The molecule has 3 aliphatic heterocycles. The van der Waals surface area contributed by atoms with Crippen molar-refractivity contribution in [3.63, 3.8) is 0 Å². The standard InChI is InChI=1S/C28H34O16/c1-9-19(33)21(35)23(37)27(41-9)40-8-18-20(34)22(36)24(38)28(44-18)43-17-7-12-13(30)5-11(29)6-16(12)42-25(17)10-3-14(31)26(39-2)15(32)4-10/h3-7,9,18-25,27-38H,8H2,1-2H3/t9-,18+,19-,20+,21+,22-,23+,24+,25?,27+,28+/m0/s1. The molecule has 2 aromatic rings. The lowest BCUT2D eigenvalue weighted by molar-refractivity contribution is -0.324. The molecule has 0 saturated carbocycles. The van der Waals surface area contributed by atoms with Gasteiger partial charge in [-0.05, 0) is 25.1 Å². The van der Waals surface area contributed by atoms with Gasteiger partial charge >= 0.3 is 0 Å². The van der Waals surface area contributed by atoms with E-state index >= 15 is 0 Å². The van der Waals surface area contributed by atoms with Crippen molar-refractivity contribution < 1.29 is 79.5 Å². The third-order valence-corrected chi connectivity index (χ3v) is 7.63. The van der Waals surface area contributed by atoms with Crippen LogP contribution in [0.3, 0.4) is 0 Å².